The smallest absolute Gasteiger partial charge is 0.280 e. The number of hydroxylamine groups is 2. The van der Waals surface area contributed by atoms with Gasteiger partial charge in [0.25, 0.3) is 35.4 Å². The Morgan fingerprint density at radius 3 is 1.15 bits per heavy atom. The molecule has 22 nitrogen and oxygen atoms in total. The Kier molecular flexibility index (Phi) is 51.1. The van der Waals surface area contributed by atoms with E-state index in [4.69, 9.17) is 4.74 Å². The van der Waals surface area contributed by atoms with E-state index in [2.05, 4.69) is 66.4 Å². The summed E-state index contributed by atoms with van der Waals surface area (Å²) in [4.78, 5) is 127. The number of rotatable bonds is 28. The molecular formula is C120H148F5N11O11. The fraction of sp³-hybridized carbons (Fsp3) is 0.383. The summed E-state index contributed by atoms with van der Waals surface area (Å²) in [6.07, 6.45) is 18.7. The number of halogens is 5. The Morgan fingerprint density at radius 2 is 0.755 bits per heavy atom. The van der Waals surface area contributed by atoms with Crippen LogP contribution in [0.4, 0.5) is 27.6 Å². The summed E-state index contributed by atoms with van der Waals surface area (Å²) in [5, 5.41) is 9.03. The van der Waals surface area contributed by atoms with Gasteiger partial charge in [0.1, 0.15) is 29.1 Å². The molecule has 6 amide bonds. The van der Waals surface area contributed by atoms with Crippen molar-refractivity contribution in [2.75, 3.05) is 133 Å². The highest BCUT2D eigenvalue weighted by Gasteiger charge is 2.30. The molecule has 0 bridgehead atoms. The first kappa shape index (κ1) is 119. The fourth-order valence-corrected chi connectivity index (χ4v) is 16.0. The number of aryl methyl sites for hydroxylation is 9. The molecule has 147 heavy (non-hydrogen) atoms. The lowest BCUT2D eigenvalue weighted by Crippen LogP contribution is -2.45. The molecule has 5 fully saturated rings. The maximum Gasteiger partial charge on any atom is 0.280 e. The number of ketones is 3. The van der Waals surface area contributed by atoms with Gasteiger partial charge in [-0.1, -0.05) is 168 Å². The van der Waals surface area contributed by atoms with Crippen LogP contribution in [0.1, 0.15) is 245 Å². The number of carbonyl (C=O) groups is 9. The molecule has 1 aromatic heterocycles. The second kappa shape index (κ2) is 63.2. The van der Waals surface area contributed by atoms with E-state index in [1.165, 1.54) is 154 Å². The molecule has 16 rings (SSSR count). The molecule has 1 saturated carbocycles. The van der Waals surface area contributed by atoms with Crippen molar-refractivity contribution in [1.29, 1.82) is 0 Å². The van der Waals surface area contributed by atoms with Crippen LogP contribution >= 0.6 is 0 Å². The number of nitrogens with zero attached hydrogens (tertiary/aromatic N) is 8. The second-order valence-electron chi connectivity index (χ2n) is 38.2. The number of unbranched alkanes of at least 4 members (excludes halogenated alkanes) is 1. The lowest BCUT2D eigenvalue weighted by Gasteiger charge is -2.36. The van der Waals surface area contributed by atoms with Gasteiger partial charge in [-0.05, 0) is 318 Å². The third kappa shape index (κ3) is 43.3. The summed E-state index contributed by atoms with van der Waals surface area (Å²) in [5.41, 5.74) is 14.1. The van der Waals surface area contributed by atoms with Gasteiger partial charge in [-0.15, -0.1) is 0 Å². The standard InChI is InChI=1S/C17H24N2O.C15H14FNO.C15H21NO2.C15H21NO.C14H21NO.C13H11FN2O.C11H12FNO.C10H12FNO2.C10H12FNO/c1-14-4-6-15(7-5-14)17(20)19-12-8-16(9-13-19)18-10-2-3-11-18;1-11-7-8-13(14(16)9-11)15(18)17-10-12-5-3-2-4-6-12;1-13-4-6-14(7-5-13)15(17)3-2-8-16-9-11-18-12-10-16;1-13-6-8-14(9-7-13)15(17)5-4-12-16-10-2-3-11-16;1-12-7-9-13(10-8-12)14(16)6-4-5-11-15(2)3;1-9-2-3-11(12(14)8-9)13(17)16-10-4-6-15-7-5-10;1-7-2-5-9(10(12)6-7)11(14)13-8-3-4-8;1-7-4-5-8(9(11)6-7)10(13)12(2)14-3;1-7-4-5-8(9(11)6-7)10(13)12(2)3/h4-7,16H,2-3,8-13H2,1H3;2-9H,10H2,1H3,(H,17,18);4-7H,2-3,8-12H2,1H3;6-9H,2-5,10-12H2,1H3;7-10H,4-6,11H2,1-3H3;2-8H,1H3,(H,15,16,17);2,5-6,8H,3-4H2,1H3,(H,13,14);4-6H,1-3H3;4-6H,1-3H3. The summed E-state index contributed by atoms with van der Waals surface area (Å²) in [6, 6.07) is 68.0. The zero-order chi connectivity index (χ0) is 107. The molecular weight excluding hydrogens is 1870 g/mol. The number of nitrogens with one attached hydrogen (secondary N) is 3. The van der Waals surface area contributed by atoms with Crippen molar-refractivity contribution in [2.45, 2.75) is 177 Å². The van der Waals surface area contributed by atoms with E-state index in [0.717, 1.165) is 171 Å². The minimum atomic E-state index is -0.529. The molecule has 0 unspecified atom stereocenters. The lowest BCUT2D eigenvalue weighted by atomic mass is 10.0. The summed E-state index contributed by atoms with van der Waals surface area (Å²) >= 11 is 0. The van der Waals surface area contributed by atoms with Gasteiger partial charge in [0.15, 0.2) is 17.3 Å². The molecule has 10 aromatic carbocycles. The number of ether oxygens (including phenoxy) is 1. The molecule has 784 valence electrons. The molecule has 4 saturated heterocycles. The van der Waals surface area contributed by atoms with Crippen LogP contribution in [0.2, 0.25) is 0 Å². The highest BCUT2D eigenvalue weighted by molar-refractivity contribution is 6.04. The Morgan fingerprint density at radius 1 is 0.388 bits per heavy atom. The van der Waals surface area contributed by atoms with Crippen LogP contribution in [0.25, 0.3) is 0 Å². The number of pyridine rings is 1. The van der Waals surface area contributed by atoms with Crippen LogP contribution in [-0.2, 0) is 16.1 Å². The van der Waals surface area contributed by atoms with Gasteiger partial charge < -0.3 is 45.2 Å². The van der Waals surface area contributed by atoms with E-state index >= 15 is 0 Å². The van der Waals surface area contributed by atoms with E-state index in [-0.39, 0.29) is 68.9 Å². The number of morpholine rings is 1. The minimum absolute atomic E-state index is 0.0138. The van der Waals surface area contributed by atoms with Crippen LogP contribution in [-0.4, -0.2) is 232 Å². The average Bonchev–Trinajstić information content (AvgIpc) is 1.71. The first-order valence-corrected chi connectivity index (χ1v) is 50.7. The molecule has 3 N–H and O–H groups in total. The number of benzene rings is 10. The summed E-state index contributed by atoms with van der Waals surface area (Å²) < 4.78 is 72.2. The minimum Gasteiger partial charge on any atom is -0.379 e. The van der Waals surface area contributed by atoms with Crippen LogP contribution < -0.4 is 16.0 Å². The van der Waals surface area contributed by atoms with Crippen molar-refractivity contribution in [3.8, 4) is 0 Å². The van der Waals surface area contributed by atoms with Crippen molar-refractivity contribution in [1.82, 2.24) is 50.1 Å². The van der Waals surface area contributed by atoms with Crippen molar-refractivity contribution in [3.05, 3.63) is 378 Å². The quantitative estimate of drug-likeness (QED) is 0.0179. The average molecular weight is 2020 g/mol. The monoisotopic (exact) mass is 2010 g/mol. The van der Waals surface area contributed by atoms with E-state index in [9.17, 15) is 65.1 Å². The van der Waals surface area contributed by atoms with E-state index in [1.807, 2.05) is 153 Å². The lowest BCUT2D eigenvalue weighted by molar-refractivity contribution is -0.0759. The number of piperidine rings is 1. The van der Waals surface area contributed by atoms with Crippen molar-refractivity contribution in [3.63, 3.8) is 0 Å². The first-order valence-electron chi connectivity index (χ1n) is 50.7. The largest absolute Gasteiger partial charge is 0.379 e. The molecule has 5 heterocycles. The van der Waals surface area contributed by atoms with Gasteiger partial charge in [0, 0.05) is 126 Å². The highest BCUT2D eigenvalue weighted by Crippen LogP contribution is 2.26. The SMILES string of the molecule is CON(C)C(=O)c1ccc(C)cc1F.Cc1ccc(C(=O)CCCCN(C)C)cc1.Cc1ccc(C(=O)CCCN2CCCC2)cc1.Cc1ccc(C(=O)CCCN2CCOCC2)cc1.Cc1ccc(C(=O)N(C)C)c(F)c1.Cc1ccc(C(=O)N2CCC(N3CCCC3)CC2)cc1.Cc1ccc(C(=O)NC2CC2)c(F)c1.Cc1ccc(C(=O)NCc2ccccc2)c(F)c1.Cc1ccc(C(=O)Nc2ccncc2)c(F)c1. The zero-order valence-corrected chi connectivity index (χ0v) is 88.2. The maximum absolute atomic E-state index is 13.6. The van der Waals surface area contributed by atoms with Gasteiger partial charge in [-0.3, -0.25) is 57.9 Å². The van der Waals surface area contributed by atoms with E-state index in [0.29, 0.717) is 37.5 Å². The Bertz CT molecular complexity index is 5970. The number of hydrogen-bond acceptors (Lipinski definition) is 16. The first-order chi connectivity index (χ1) is 70.4. The van der Waals surface area contributed by atoms with Gasteiger partial charge in [-0.25, -0.2) is 27.0 Å². The topological polar surface area (TPSA) is 244 Å². The summed E-state index contributed by atoms with van der Waals surface area (Å²) in [6.45, 7) is 31.0. The van der Waals surface area contributed by atoms with Gasteiger partial charge in [0.2, 0.25) is 0 Å². The van der Waals surface area contributed by atoms with Crippen LogP contribution in [0.15, 0.2) is 243 Å². The Hall–Kier alpha value is -13.4. The van der Waals surface area contributed by atoms with Crippen LogP contribution in [0.3, 0.4) is 0 Å². The Balaban J connectivity index is 0.000000202. The van der Waals surface area contributed by atoms with Gasteiger partial charge in [-0.2, -0.15) is 0 Å². The number of Topliss-reactive ketones (excluding diaryl/α,β-unsaturated/α-hetero) is 3. The number of hydrogen-bond donors (Lipinski definition) is 3. The molecule has 0 radical (unpaired) electrons. The van der Waals surface area contributed by atoms with E-state index < -0.39 is 46.8 Å². The number of anilines is 1. The van der Waals surface area contributed by atoms with Crippen molar-refractivity contribution < 1.29 is 74.7 Å². The molecule has 11 aromatic rings. The second-order valence-corrected chi connectivity index (χ2v) is 38.2. The van der Waals surface area contributed by atoms with Crippen molar-refractivity contribution in [2.24, 2.45) is 0 Å². The molecule has 0 atom stereocenters. The zero-order valence-electron chi connectivity index (χ0n) is 88.2. The molecule has 27 heteroatoms. The van der Waals surface area contributed by atoms with Crippen molar-refractivity contribution >= 4 is 58.5 Å². The number of amides is 6. The molecule has 5 aliphatic rings. The van der Waals surface area contributed by atoms with Gasteiger partial charge in [0.05, 0.1) is 48.1 Å². The number of likely N-dealkylation sites (tertiary alicyclic amines) is 3. The van der Waals surface area contributed by atoms with E-state index in [1.54, 1.807) is 104 Å². The maximum atomic E-state index is 13.6. The summed E-state index contributed by atoms with van der Waals surface area (Å²) in [5.74, 6) is -3.40. The predicted molar refractivity (Wildman–Crippen MR) is 574 cm³/mol. The predicted octanol–water partition coefficient (Wildman–Crippen LogP) is 22.4. The molecule has 0 spiro atoms. The summed E-state index contributed by atoms with van der Waals surface area (Å²) in [7, 11) is 10.1. The van der Waals surface area contributed by atoms with Crippen LogP contribution in [0.5, 0.6) is 0 Å². The third-order valence-corrected chi connectivity index (χ3v) is 25.1. The number of aromatic nitrogens is 1. The Labute approximate surface area is 866 Å². The fourth-order valence-electron chi connectivity index (χ4n) is 16.0. The molecule has 4 aliphatic heterocycles. The normalized spacial score (nSPS) is 13.7. The van der Waals surface area contributed by atoms with Gasteiger partial charge >= 0.3 is 0 Å². The molecule has 1 aliphatic carbocycles. The third-order valence-electron chi connectivity index (χ3n) is 25.1. The number of carbonyl (C=O) groups excluding carboxylic acids is 9. The highest BCUT2D eigenvalue weighted by atomic mass is 19.1. The van der Waals surface area contributed by atoms with Crippen LogP contribution in [0, 0.1) is 91.4 Å².